The van der Waals surface area contributed by atoms with E-state index in [2.05, 4.69) is 4.90 Å². The van der Waals surface area contributed by atoms with Crippen molar-refractivity contribution in [2.24, 2.45) is 5.73 Å². The molecule has 1 aromatic rings. The minimum absolute atomic E-state index is 0.239. The topological polar surface area (TPSA) is 58.8 Å². The maximum atomic E-state index is 11.6. The Labute approximate surface area is 124 Å². The monoisotopic (exact) mass is 297 g/mol. The second-order valence-corrected chi connectivity index (χ2v) is 5.07. The number of benzene rings is 1. The number of halogens is 1. The van der Waals surface area contributed by atoms with Crippen LogP contribution >= 0.6 is 11.6 Å². The number of anilines is 1. The number of rotatable bonds is 3. The van der Waals surface area contributed by atoms with Crippen LogP contribution in [0.15, 0.2) is 18.2 Å². The first-order valence-electron chi connectivity index (χ1n) is 6.80. The molecular formula is C14H20ClN3O2. The Bertz CT molecular complexity index is 473. The first-order chi connectivity index (χ1) is 9.65. The number of ether oxygens (including phenoxy) is 1. The van der Waals surface area contributed by atoms with Crippen molar-refractivity contribution in [1.82, 2.24) is 4.90 Å². The van der Waals surface area contributed by atoms with E-state index in [9.17, 15) is 4.79 Å². The average molecular weight is 298 g/mol. The Hall–Kier alpha value is -1.46. The largest absolute Gasteiger partial charge is 0.450 e. The van der Waals surface area contributed by atoms with E-state index >= 15 is 0 Å². The number of carbonyl (C=O) groups excluding carboxylic acids is 1. The van der Waals surface area contributed by atoms with Gasteiger partial charge < -0.3 is 20.3 Å². The number of hydrogen-bond donors (Lipinski definition) is 1. The quantitative estimate of drug-likeness (QED) is 0.928. The summed E-state index contributed by atoms with van der Waals surface area (Å²) in [6, 6.07) is 5.87. The van der Waals surface area contributed by atoms with Gasteiger partial charge in [0.1, 0.15) is 0 Å². The van der Waals surface area contributed by atoms with Crippen molar-refractivity contribution >= 4 is 23.4 Å². The van der Waals surface area contributed by atoms with Crippen LogP contribution in [0, 0.1) is 0 Å². The summed E-state index contributed by atoms with van der Waals surface area (Å²) in [5, 5.41) is 0.706. The third kappa shape index (κ3) is 3.35. The predicted octanol–water partition coefficient (Wildman–Crippen LogP) is 2.08. The van der Waals surface area contributed by atoms with Crippen LogP contribution in [-0.2, 0) is 11.3 Å². The van der Waals surface area contributed by atoms with Gasteiger partial charge in [-0.1, -0.05) is 17.7 Å². The van der Waals surface area contributed by atoms with Crippen molar-refractivity contribution < 1.29 is 9.53 Å². The van der Waals surface area contributed by atoms with E-state index in [4.69, 9.17) is 22.1 Å². The zero-order valence-electron chi connectivity index (χ0n) is 11.6. The number of carbonyl (C=O) groups is 1. The zero-order chi connectivity index (χ0) is 14.5. The van der Waals surface area contributed by atoms with Crippen LogP contribution in [0.4, 0.5) is 10.5 Å². The molecule has 1 aliphatic rings. The van der Waals surface area contributed by atoms with Crippen molar-refractivity contribution in [2.75, 3.05) is 37.7 Å². The van der Waals surface area contributed by atoms with Crippen LogP contribution in [-0.4, -0.2) is 43.8 Å². The maximum absolute atomic E-state index is 11.6. The number of amides is 1. The smallest absolute Gasteiger partial charge is 0.409 e. The summed E-state index contributed by atoms with van der Waals surface area (Å²) in [6.07, 6.45) is -0.239. The number of piperazine rings is 1. The van der Waals surface area contributed by atoms with Crippen LogP contribution in [0.2, 0.25) is 5.02 Å². The fourth-order valence-electron chi connectivity index (χ4n) is 2.28. The van der Waals surface area contributed by atoms with Gasteiger partial charge in [0.2, 0.25) is 0 Å². The van der Waals surface area contributed by atoms with Crippen molar-refractivity contribution in [2.45, 2.75) is 13.5 Å². The first-order valence-corrected chi connectivity index (χ1v) is 7.18. The highest BCUT2D eigenvalue weighted by Crippen LogP contribution is 2.27. The lowest BCUT2D eigenvalue weighted by atomic mass is 10.2. The lowest BCUT2D eigenvalue weighted by Crippen LogP contribution is -2.49. The number of nitrogens with two attached hydrogens (primary N) is 1. The van der Waals surface area contributed by atoms with Gasteiger partial charge in [0.15, 0.2) is 0 Å². The molecule has 1 aliphatic heterocycles. The number of hydrogen-bond acceptors (Lipinski definition) is 4. The molecule has 6 heteroatoms. The Balaban J connectivity index is 1.98. The maximum Gasteiger partial charge on any atom is 0.409 e. The molecule has 0 spiro atoms. The van der Waals surface area contributed by atoms with E-state index in [0.717, 1.165) is 24.3 Å². The van der Waals surface area contributed by atoms with E-state index in [1.54, 1.807) is 4.90 Å². The molecule has 0 aromatic heterocycles. The molecule has 1 aromatic carbocycles. The minimum atomic E-state index is -0.239. The molecule has 110 valence electrons. The lowest BCUT2D eigenvalue weighted by molar-refractivity contribution is 0.105. The molecule has 20 heavy (non-hydrogen) atoms. The Morgan fingerprint density at radius 1 is 1.35 bits per heavy atom. The molecular weight excluding hydrogens is 278 g/mol. The van der Waals surface area contributed by atoms with Gasteiger partial charge >= 0.3 is 6.09 Å². The molecule has 0 saturated carbocycles. The lowest BCUT2D eigenvalue weighted by Gasteiger charge is -2.35. The molecule has 0 atom stereocenters. The van der Waals surface area contributed by atoms with Crippen molar-refractivity contribution in [1.29, 1.82) is 0 Å². The fraction of sp³-hybridized carbons (Fsp3) is 0.500. The highest BCUT2D eigenvalue weighted by molar-refractivity contribution is 6.33. The third-order valence-electron chi connectivity index (χ3n) is 3.39. The van der Waals surface area contributed by atoms with Crippen LogP contribution in [0.1, 0.15) is 12.5 Å². The molecule has 0 unspecified atom stereocenters. The Morgan fingerprint density at radius 3 is 2.60 bits per heavy atom. The number of nitrogens with zero attached hydrogens (tertiary/aromatic N) is 2. The molecule has 1 amide bonds. The fourth-order valence-corrected chi connectivity index (χ4v) is 2.60. The average Bonchev–Trinajstić information content (AvgIpc) is 2.47. The molecule has 0 bridgehead atoms. The molecule has 1 saturated heterocycles. The molecule has 2 rings (SSSR count). The van der Waals surface area contributed by atoms with Crippen LogP contribution in [0.5, 0.6) is 0 Å². The molecule has 1 fully saturated rings. The molecule has 0 aliphatic carbocycles. The van der Waals surface area contributed by atoms with Crippen molar-refractivity contribution in [3.8, 4) is 0 Å². The van der Waals surface area contributed by atoms with Crippen molar-refractivity contribution in [3.63, 3.8) is 0 Å². The summed E-state index contributed by atoms with van der Waals surface area (Å²) in [7, 11) is 0. The van der Waals surface area contributed by atoms with Crippen LogP contribution in [0.3, 0.4) is 0 Å². The molecule has 5 nitrogen and oxygen atoms in total. The van der Waals surface area contributed by atoms with E-state index in [0.29, 0.717) is 31.3 Å². The summed E-state index contributed by atoms with van der Waals surface area (Å²) < 4.78 is 5.00. The van der Waals surface area contributed by atoms with Crippen LogP contribution in [0.25, 0.3) is 0 Å². The van der Waals surface area contributed by atoms with Gasteiger partial charge in [-0.3, -0.25) is 0 Å². The minimum Gasteiger partial charge on any atom is -0.450 e. The molecule has 0 radical (unpaired) electrons. The second-order valence-electron chi connectivity index (χ2n) is 4.66. The standard InChI is InChI=1S/C14H20ClN3O2/c1-2-20-14(19)18-7-5-17(6-8-18)13-4-3-11(10-16)9-12(13)15/h3-4,9H,2,5-8,10,16H2,1H3. The van der Waals surface area contributed by atoms with Crippen molar-refractivity contribution in [3.05, 3.63) is 28.8 Å². The first kappa shape index (κ1) is 14.9. The highest BCUT2D eigenvalue weighted by atomic mass is 35.5. The Kier molecular flexibility index (Phi) is 5.09. The van der Waals surface area contributed by atoms with Gasteiger partial charge in [0.05, 0.1) is 17.3 Å². The normalized spacial score (nSPS) is 15.3. The SMILES string of the molecule is CCOC(=O)N1CCN(c2ccc(CN)cc2Cl)CC1. The van der Waals surface area contributed by atoms with Gasteiger partial charge in [-0.2, -0.15) is 0 Å². The van der Waals surface area contributed by atoms with Gasteiger partial charge in [0.25, 0.3) is 0 Å². The summed E-state index contributed by atoms with van der Waals surface area (Å²) >= 11 is 6.29. The van der Waals surface area contributed by atoms with E-state index in [1.165, 1.54) is 0 Å². The third-order valence-corrected chi connectivity index (χ3v) is 3.70. The van der Waals surface area contributed by atoms with Crippen LogP contribution < -0.4 is 10.6 Å². The second kappa shape index (κ2) is 6.81. The van der Waals surface area contributed by atoms with Gasteiger partial charge in [-0.05, 0) is 24.6 Å². The van der Waals surface area contributed by atoms with E-state index in [-0.39, 0.29) is 6.09 Å². The summed E-state index contributed by atoms with van der Waals surface area (Å²) in [4.78, 5) is 15.5. The summed E-state index contributed by atoms with van der Waals surface area (Å²) in [6.45, 7) is 5.50. The molecule has 1 heterocycles. The van der Waals surface area contributed by atoms with Gasteiger partial charge in [-0.25, -0.2) is 4.79 Å². The predicted molar refractivity (Wildman–Crippen MR) is 80.2 cm³/mol. The van der Waals surface area contributed by atoms with Gasteiger partial charge in [0, 0.05) is 32.7 Å². The summed E-state index contributed by atoms with van der Waals surface area (Å²) in [5.41, 5.74) is 7.61. The summed E-state index contributed by atoms with van der Waals surface area (Å²) in [5.74, 6) is 0. The van der Waals surface area contributed by atoms with E-state index in [1.807, 2.05) is 25.1 Å². The molecule has 2 N–H and O–H groups in total. The van der Waals surface area contributed by atoms with E-state index < -0.39 is 0 Å². The zero-order valence-corrected chi connectivity index (χ0v) is 12.4. The Morgan fingerprint density at radius 2 is 2.05 bits per heavy atom. The highest BCUT2D eigenvalue weighted by Gasteiger charge is 2.23. The van der Waals surface area contributed by atoms with Gasteiger partial charge in [-0.15, -0.1) is 0 Å².